The van der Waals surface area contributed by atoms with E-state index in [1.807, 2.05) is 0 Å². The number of anilines is 1. The molecule has 0 unspecified atom stereocenters. The van der Waals surface area contributed by atoms with Crippen LogP contribution in [-0.4, -0.2) is 13.7 Å². The fourth-order valence-corrected chi connectivity index (χ4v) is 2.97. The SMILES string of the molecule is Cc1ccc(NS(=O)(=O)c2ccccc2)c(C(=O)Cl)c1. The lowest BCUT2D eigenvalue weighted by molar-refractivity contribution is 0.108. The van der Waals surface area contributed by atoms with Crippen LogP contribution in [0.4, 0.5) is 5.69 Å². The van der Waals surface area contributed by atoms with Crippen LogP contribution in [0.3, 0.4) is 0 Å². The molecular weight excluding hydrogens is 298 g/mol. The van der Waals surface area contributed by atoms with Crippen molar-refractivity contribution in [3.63, 3.8) is 0 Å². The van der Waals surface area contributed by atoms with Gasteiger partial charge >= 0.3 is 0 Å². The second-order valence-electron chi connectivity index (χ2n) is 4.24. The molecular formula is C14H12ClNO3S. The first-order chi connectivity index (χ1) is 9.40. The van der Waals surface area contributed by atoms with E-state index in [0.717, 1.165) is 5.56 Å². The lowest BCUT2D eigenvalue weighted by Gasteiger charge is -2.11. The van der Waals surface area contributed by atoms with Gasteiger partial charge in [0, 0.05) is 0 Å². The van der Waals surface area contributed by atoms with Gasteiger partial charge in [-0.1, -0.05) is 29.8 Å². The second-order valence-corrected chi connectivity index (χ2v) is 6.27. The van der Waals surface area contributed by atoms with E-state index < -0.39 is 15.3 Å². The Labute approximate surface area is 122 Å². The molecule has 0 spiro atoms. The average molecular weight is 310 g/mol. The highest BCUT2D eigenvalue weighted by Crippen LogP contribution is 2.22. The standard InChI is InChI=1S/C14H12ClNO3S/c1-10-7-8-13(12(9-10)14(15)17)16-20(18,19)11-5-3-2-4-6-11/h2-9,16H,1H3. The Morgan fingerprint density at radius 3 is 2.35 bits per heavy atom. The van der Waals surface area contributed by atoms with Crippen LogP contribution in [0.15, 0.2) is 53.4 Å². The summed E-state index contributed by atoms with van der Waals surface area (Å²) in [7, 11) is -3.74. The van der Waals surface area contributed by atoms with Gasteiger partial charge in [0.25, 0.3) is 15.3 Å². The second kappa shape index (κ2) is 5.64. The van der Waals surface area contributed by atoms with E-state index in [0.29, 0.717) is 0 Å². The predicted molar refractivity (Wildman–Crippen MR) is 78.6 cm³/mol. The Morgan fingerprint density at radius 2 is 1.75 bits per heavy atom. The largest absolute Gasteiger partial charge is 0.279 e. The lowest BCUT2D eigenvalue weighted by Crippen LogP contribution is -2.14. The third kappa shape index (κ3) is 3.18. The van der Waals surface area contributed by atoms with E-state index in [2.05, 4.69) is 4.72 Å². The molecule has 1 N–H and O–H groups in total. The third-order valence-corrected chi connectivity index (χ3v) is 4.27. The molecule has 0 radical (unpaired) electrons. The molecule has 0 atom stereocenters. The first kappa shape index (κ1) is 14.6. The molecule has 0 fully saturated rings. The number of hydrogen-bond acceptors (Lipinski definition) is 3. The van der Waals surface area contributed by atoms with Gasteiger partial charge in [0.05, 0.1) is 16.1 Å². The van der Waals surface area contributed by atoms with Gasteiger partial charge in [-0.2, -0.15) is 0 Å². The van der Waals surface area contributed by atoms with Crippen molar-refractivity contribution in [1.29, 1.82) is 0 Å². The zero-order valence-electron chi connectivity index (χ0n) is 10.6. The topological polar surface area (TPSA) is 63.2 Å². The van der Waals surface area contributed by atoms with Crippen LogP contribution < -0.4 is 4.72 Å². The number of rotatable bonds is 4. The van der Waals surface area contributed by atoms with Crippen LogP contribution in [-0.2, 0) is 10.0 Å². The van der Waals surface area contributed by atoms with Crippen molar-refractivity contribution in [2.24, 2.45) is 0 Å². The number of carbonyl (C=O) groups is 1. The van der Waals surface area contributed by atoms with Gasteiger partial charge in [-0.15, -0.1) is 0 Å². The summed E-state index contributed by atoms with van der Waals surface area (Å²) in [5.74, 6) is 0. The van der Waals surface area contributed by atoms with Gasteiger partial charge in [-0.05, 0) is 42.8 Å². The summed E-state index contributed by atoms with van der Waals surface area (Å²) < 4.78 is 26.8. The maximum atomic E-state index is 12.2. The lowest BCUT2D eigenvalue weighted by atomic mass is 10.1. The molecule has 104 valence electrons. The minimum Gasteiger partial charge on any atom is -0.279 e. The Kier molecular flexibility index (Phi) is 4.11. The summed E-state index contributed by atoms with van der Waals surface area (Å²) in [4.78, 5) is 11.5. The molecule has 6 heteroatoms. The van der Waals surface area contributed by atoms with Crippen molar-refractivity contribution in [3.8, 4) is 0 Å². The van der Waals surface area contributed by atoms with Gasteiger partial charge in [0.15, 0.2) is 0 Å². The summed E-state index contributed by atoms with van der Waals surface area (Å²) in [5, 5.41) is -0.709. The van der Waals surface area contributed by atoms with E-state index in [9.17, 15) is 13.2 Å². The molecule has 0 heterocycles. The molecule has 0 aliphatic heterocycles. The molecule has 2 aromatic rings. The van der Waals surface area contributed by atoms with Crippen LogP contribution in [0.2, 0.25) is 0 Å². The van der Waals surface area contributed by atoms with Crippen molar-refractivity contribution in [2.45, 2.75) is 11.8 Å². The molecule has 0 aliphatic rings. The van der Waals surface area contributed by atoms with Gasteiger partial charge in [0.1, 0.15) is 0 Å². The quantitative estimate of drug-likeness (QED) is 0.882. The number of aryl methyl sites for hydroxylation is 1. The van der Waals surface area contributed by atoms with E-state index in [1.54, 1.807) is 31.2 Å². The molecule has 0 bridgehead atoms. The molecule has 0 aromatic heterocycles. The van der Waals surface area contributed by atoms with Crippen LogP contribution in [0.5, 0.6) is 0 Å². The summed E-state index contributed by atoms with van der Waals surface area (Å²) in [6, 6.07) is 12.7. The van der Waals surface area contributed by atoms with E-state index in [1.165, 1.54) is 24.3 Å². The molecule has 0 aliphatic carbocycles. The minimum atomic E-state index is -3.74. The number of carbonyl (C=O) groups excluding carboxylic acids is 1. The van der Waals surface area contributed by atoms with Crippen molar-refractivity contribution < 1.29 is 13.2 Å². The maximum absolute atomic E-state index is 12.2. The van der Waals surface area contributed by atoms with Gasteiger partial charge in [-0.25, -0.2) is 8.42 Å². The van der Waals surface area contributed by atoms with Crippen molar-refractivity contribution in [2.75, 3.05) is 4.72 Å². The number of benzene rings is 2. The van der Waals surface area contributed by atoms with Gasteiger partial charge in [0.2, 0.25) is 0 Å². The van der Waals surface area contributed by atoms with Crippen molar-refractivity contribution in [1.82, 2.24) is 0 Å². The summed E-state index contributed by atoms with van der Waals surface area (Å²) in [6.45, 7) is 1.79. The first-order valence-electron chi connectivity index (χ1n) is 5.78. The highest BCUT2D eigenvalue weighted by atomic mass is 35.5. The van der Waals surface area contributed by atoms with E-state index in [-0.39, 0.29) is 16.1 Å². The summed E-state index contributed by atoms with van der Waals surface area (Å²) in [6.07, 6.45) is 0. The van der Waals surface area contributed by atoms with Crippen molar-refractivity contribution >= 4 is 32.6 Å². The Hall–Kier alpha value is -1.85. The average Bonchev–Trinajstić information content (AvgIpc) is 2.41. The highest BCUT2D eigenvalue weighted by molar-refractivity contribution is 7.92. The number of halogens is 1. The number of hydrogen-bond donors (Lipinski definition) is 1. The molecule has 20 heavy (non-hydrogen) atoms. The summed E-state index contributed by atoms with van der Waals surface area (Å²) >= 11 is 5.48. The molecule has 2 aromatic carbocycles. The van der Waals surface area contributed by atoms with Gasteiger partial charge in [-0.3, -0.25) is 9.52 Å². The minimum absolute atomic E-state index is 0.119. The molecule has 0 saturated heterocycles. The number of sulfonamides is 1. The van der Waals surface area contributed by atoms with Crippen molar-refractivity contribution in [3.05, 3.63) is 59.7 Å². The normalized spacial score (nSPS) is 11.1. The predicted octanol–water partition coefficient (Wildman–Crippen LogP) is 3.17. The fraction of sp³-hybridized carbons (Fsp3) is 0.0714. The van der Waals surface area contributed by atoms with Crippen LogP contribution in [0, 0.1) is 6.92 Å². The third-order valence-electron chi connectivity index (χ3n) is 2.68. The molecule has 0 amide bonds. The van der Waals surface area contributed by atoms with Crippen LogP contribution in [0.25, 0.3) is 0 Å². The Morgan fingerprint density at radius 1 is 1.10 bits per heavy atom. The van der Waals surface area contributed by atoms with Gasteiger partial charge < -0.3 is 0 Å². The molecule has 2 rings (SSSR count). The molecule has 0 saturated carbocycles. The highest BCUT2D eigenvalue weighted by Gasteiger charge is 2.17. The fourth-order valence-electron chi connectivity index (χ4n) is 1.71. The maximum Gasteiger partial charge on any atom is 0.261 e. The Balaban J connectivity index is 2.43. The van der Waals surface area contributed by atoms with Crippen LogP contribution in [0.1, 0.15) is 15.9 Å². The smallest absolute Gasteiger partial charge is 0.261 e. The van der Waals surface area contributed by atoms with Crippen LogP contribution >= 0.6 is 11.6 Å². The Bertz CT molecular complexity index is 742. The zero-order chi connectivity index (χ0) is 14.8. The number of nitrogens with one attached hydrogen (secondary N) is 1. The first-order valence-corrected chi connectivity index (χ1v) is 7.64. The molecule has 4 nitrogen and oxygen atoms in total. The van der Waals surface area contributed by atoms with E-state index >= 15 is 0 Å². The monoisotopic (exact) mass is 309 g/mol. The summed E-state index contributed by atoms with van der Waals surface area (Å²) in [5.41, 5.74) is 1.11. The zero-order valence-corrected chi connectivity index (χ0v) is 12.2. The van der Waals surface area contributed by atoms with E-state index in [4.69, 9.17) is 11.6 Å².